The molecule has 0 bridgehead atoms. The molecule has 130 valence electrons. The first-order valence-corrected chi connectivity index (χ1v) is 9.53. The van der Waals surface area contributed by atoms with Crippen molar-refractivity contribution < 1.29 is 14.7 Å². The molecule has 2 aliphatic heterocycles. The number of benzene rings is 1. The monoisotopic (exact) mass is 348 g/mol. The fourth-order valence-electron chi connectivity index (χ4n) is 4.07. The normalized spacial score (nSPS) is 23.8. The van der Waals surface area contributed by atoms with Gasteiger partial charge >= 0.3 is 5.97 Å². The molecule has 0 aromatic heterocycles. The highest BCUT2D eigenvalue weighted by molar-refractivity contribution is 7.98. The van der Waals surface area contributed by atoms with Gasteiger partial charge in [-0.1, -0.05) is 12.1 Å². The number of hydrogen-bond acceptors (Lipinski definition) is 4. The van der Waals surface area contributed by atoms with Crippen molar-refractivity contribution in [2.75, 3.05) is 26.4 Å². The van der Waals surface area contributed by atoms with E-state index in [4.69, 9.17) is 0 Å². The van der Waals surface area contributed by atoms with Gasteiger partial charge in [0.05, 0.1) is 11.5 Å². The molecule has 1 amide bonds. The van der Waals surface area contributed by atoms with Crippen molar-refractivity contribution in [1.82, 2.24) is 9.80 Å². The smallest absolute Gasteiger partial charge is 0.309 e. The van der Waals surface area contributed by atoms with E-state index in [0.717, 1.165) is 32.5 Å². The van der Waals surface area contributed by atoms with E-state index in [2.05, 4.69) is 35.4 Å². The van der Waals surface area contributed by atoms with Gasteiger partial charge in [-0.15, -0.1) is 11.8 Å². The number of carbonyl (C=O) groups excluding carboxylic acids is 1. The Hall–Kier alpha value is -1.53. The number of piperidine rings is 1. The minimum atomic E-state index is -0.839. The van der Waals surface area contributed by atoms with Gasteiger partial charge in [0.2, 0.25) is 5.91 Å². The van der Waals surface area contributed by atoms with Crippen LogP contribution in [0.1, 0.15) is 24.8 Å². The maximum atomic E-state index is 12.0. The number of aliphatic carboxylic acids is 1. The Morgan fingerprint density at radius 2 is 1.92 bits per heavy atom. The second kappa shape index (κ2) is 6.76. The number of carboxylic acid groups (broad SMARTS) is 1. The van der Waals surface area contributed by atoms with Crippen molar-refractivity contribution in [2.45, 2.75) is 36.2 Å². The molecule has 1 N–H and O–H groups in total. The lowest BCUT2D eigenvalue weighted by Gasteiger charge is -2.45. The Balaban J connectivity index is 1.66. The van der Waals surface area contributed by atoms with Crippen LogP contribution in [0.15, 0.2) is 29.2 Å². The van der Waals surface area contributed by atoms with Gasteiger partial charge in [-0.2, -0.15) is 0 Å². The number of carbonyl (C=O) groups is 2. The Bertz CT molecular complexity index is 624. The zero-order valence-electron chi connectivity index (χ0n) is 14.2. The van der Waals surface area contributed by atoms with Gasteiger partial charge in [0.15, 0.2) is 0 Å². The lowest BCUT2D eigenvalue weighted by atomic mass is 9.77. The van der Waals surface area contributed by atoms with Crippen LogP contribution in [0.25, 0.3) is 0 Å². The van der Waals surface area contributed by atoms with E-state index in [1.165, 1.54) is 10.5 Å². The van der Waals surface area contributed by atoms with Gasteiger partial charge in [0.1, 0.15) is 0 Å². The Kier molecular flexibility index (Phi) is 4.88. The summed E-state index contributed by atoms with van der Waals surface area (Å²) in [6.07, 6.45) is 3.67. The van der Waals surface area contributed by atoms with Crippen molar-refractivity contribution in [3.05, 3.63) is 29.8 Å². The first kappa shape index (κ1) is 17.3. The average Bonchev–Trinajstić information content (AvgIpc) is 2.83. The molecule has 5 nitrogen and oxygen atoms in total. The van der Waals surface area contributed by atoms with Crippen LogP contribution in [0, 0.1) is 5.92 Å². The molecule has 2 saturated heterocycles. The van der Waals surface area contributed by atoms with Gasteiger partial charge in [-0.05, 0) is 36.8 Å². The second-order valence-electron chi connectivity index (χ2n) is 6.78. The van der Waals surface area contributed by atoms with Gasteiger partial charge in [-0.3, -0.25) is 14.5 Å². The fraction of sp³-hybridized carbons (Fsp3) is 0.556. The Morgan fingerprint density at radius 3 is 2.46 bits per heavy atom. The third-order valence-corrected chi connectivity index (χ3v) is 6.40. The maximum absolute atomic E-state index is 12.0. The van der Waals surface area contributed by atoms with Crippen molar-refractivity contribution in [3.63, 3.8) is 0 Å². The molecule has 0 radical (unpaired) electrons. The number of rotatable bonds is 4. The summed E-state index contributed by atoms with van der Waals surface area (Å²) in [5, 5.41) is 9.52. The predicted molar refractivity (Wildman–Crippen MR) is 94.0 cm³/mol. The van der Waals surface area contributed by atoms with Gasteiger partial charge in [-0.25, -0.2) is 0 Å². The summed E-state index contributed by atoms with van der Waals surface area (Å²) >= 11 is 1.73. The zero-order chi connectivity index (χ0) is 17.3. The van der Waals surface area contributed by atoms with E-state index in [1.54, 1.807) is 23.7 Å². The first-order chi connectivity index (χ1) is 11.5. The largest absolute Gasteiger partial charge is 0.481 e. The Labute approximate surface area is 147 Å². The quantitative estimate of drug-likeness (QED) is 0.846. The van der Waals surface area contributed by atoms with Crippen LogP contribution < -0.4 is 0 Å². The molecule has 0 unspecified atom stereocenters. The highest BCUT2D eigenvalue weighted by atomic mass is 32.2. The molecule has 3 rings (SSSR count). The van der Waals surface area contributed by atoms with Gasteiger partial charge in [0, 0.05) is 38.0 Å². The number of carboxylic acids is 1. The van der Waals surface area contributed by atoms with E-state index in [-0.39, 0.29) is 12.3 Å². The van der Waals surface area contributed by atoms with E-state index >= 15 is 0 Å². The average molecular weight is 348 g/mol. The highest BCUT2D eigenvalue weighted by Gasteiger charge is 2.55. The summed E-state index contributed by atoms with van der Waals surface area (Å²) in [5.41, 5.74) is 0.775. The van der Waals surface area contributed by atoms with Gasteiger partial charge in [0.25, 0.3) is 0 Å². The number of likely N-dealkylation sites (tertiary alicyclic amines) is 2. The van der Waals surface area contributed by atoms with Crippen molar-refractivity contribution >= 4 is 23.6 Å². The van der Waals surface area contributed by atoms with Crippen LogP contribution in [-0.4, -0.2) is 58.7 Å². The topological polar surface area (TPSA) is 60.9 Å². The third-order valence-electron chi connectivity index (χ3n) is 5.65. The van der Waals surface area contributed by atoms with Crippen LogP contribution in [-0.2, 0) is 16.1 Å². The van der Waals surface area contributed by atoms with Crippen molar-refractivity contribution in [3.8, 4) is 0 Å². The van der Waals surface area contributed by atoms with Crippen LogP contribution in [0.2, 0.25) is 0 Å². The number of amides is 1. The zero-order valence-corrected chi connectivity index (χ0v) is 15.0. The summed E-state index contributed by atoms with van der Waals surface area (Å²) in [4.78, 5) is 29.0. The molecule has 1 atom stereocenters. The molecular formula is C18H24N2O3S. The second-order valence-corrected chi connectivity index (χ2v) is 7.66. The lowest BCUT2D eigenvalue weighted by molar-refractivity contribution is -0.146. The first-order valence-electron chi connectivity index (χ1n) is 8.31. The molecule has 1 aromatic carbocycles. The predicted octanol–water partition coefficient (Wildman–Crippen LogP) is 2.31. The summed E-state index contributed by atoms with van der Waals surface area (Å²) in [6.45, 7) is 2.53. The molecule has 0 saturated carbocycles. The summed E-state index contributed by atoms with van der Waals surface area (Å²) in [5.74, 6) is -1.45. The number of thioether (sulfide) groups is 1. The summed E-state index contributed by atoms with van der Waals surface area (Å²) < 4.78 is 0. The molecule has 24 heavy (non-hydrogen) atoms. The fourth-order valence-corrected chi connectivity index (χ4v) is 4.48. The van der Waals surface area contributed by atoms with E-state index < -0.39 is 17.4 Å². The van der Waals surface area contributed by atoms with E-state index in [0.29, 0.717) is 0 Å². The van der Waals surface area contributed by atoms with Crippen molar-refractivity contribution in [2.24, 2.45) is 5.92 Å². The molecule has 2 fully saturated rings. The molecule has 6 heteroatoms. The summed E-state index contributed by atoms with van der Waals surface area (Å²) in [7, 11) is 1.77. The van der Waals surface area contributed by atoms with Crippen LogP contribution in [0.5, 0.6) is 0 Å². The molecule has 1 aromatic rings. The Morgan fingerprint density at radius 1 is 1.29 bits per heavy atom. The summed E-state index contributed by atoms with van der Waals surface area (Å²) in [6, 6.07) is 8.58. The molecule has 1 spiro atoms. The lowest BCUT2D eigenvalue weighted by Crippen LogP contribution is -2.55. The molecular weight excluding hydrogens is 324 g/mol. The molecule has 0 aliphatic carbocycles. The molecule has 2 aliphatic rings. The highest BCUT2D eigenvalue weighted by Crippen LogP contribution is 2.43. The maximum Gasteiger partial charge on any atom is 0.309 e. The van der Waals surface area contributed by atoms with Gasteiger partial charge < -0.3 is 10.0 Å². The number of nitrogens with zero attached hydrogens (tertiary/aromatic N) is 2. The van der Waals surface area contributed by atoms with Crippen LogP contribution in [0.3, 0.4) is 0 Å². The minimum Gasteiger partial charge on any atom is -0.481 e. The van der Waals surface area contributed by atoms with Crippen LogP contribution >= 0.6 is 11.8 Å². The number of hydrogen-bond donors (Lipinski definition) is 1. The third kappa shape index (κ3) is 3.05. The minimum absolute atomic E-state index is 0.0384. The SMILES string of the molecule is CSc1ccc(CN2CCC3(CC2)[C@H](C(=O)O)CC(=O)N3C)cc1. The standard InChI is InChI=1S/C18H24N2O3S/c1-19-16(21)11-15(17(22)23)18(19)7-9-20(10-8-18)12-13-3-5-14(24-2)6-4-13/h3-6,15H,7-12H2,1-2H3,(H,22,23)/t15-/m0/s1. The van der Waals surface area contributed by atoms with E-state index in [9.17, 15) is 14.7 Å². The van der Waals surface area contributed by atoms with Crippen LogP contribution in [0.4, 0.5) is 0 Å². The molecule has 2 heterocycles. The van der Waals surface area contributed by atoms with Crippen molar-refractivity contribution in [1.29, 1.82) is 0 Å². The van der Waals surface area contributed by atoms with E-state index in [1.807, 2.05) is 0 Å².